The van der Waals surface area contributed by atoms with E-state index in [-0.39, 0.29) is 29.3 Å². The molecular formula is C16H16N2O6S. The normalized spacial score (nSPS) is 22.1. The molecule has 0 spiro atoms. The zero-order valence-electron chi connectivity index (χ0n) is 13.5. The number of aliphatic hydroxyl groups is 1. The second kappa shape index (κ2) is 6.16. The summed E-state index contributed by atoms with van der Waals surface area (Å²) in [6.45, 7) is 3.08. The van der Waals surface area contributed by atoms with E-state index in [9.17, 15) is 24.8 Å². The smallest absolute Gasteiger partial charge is 0.355 e. The van der Waals surface area contributed by atoms with E-state index in [4.69, 9.17) is 4.74 Å². The summed E-state index contributed by atoms with van der Waals surface area (Å²) in [7, 11) is 0. The van der Waals surface area contributed by atoms with Crippen molar-refractivity contribution in [1.29, 1.82) is 0 Å². The molecule has 1 N–H and O–H groups in total. The molecule has 0 bridgehead atoms. The molecule has 1 fully saturated rings. The number of nitrogens with zero attached hydrogens (tertiary/aromatic N) is 2. The van der Waals surface area contributed by atoms with E-state index in [2.05, 4.69) is 0 Å². The number of β-lactam (4-membered cyclic amide) rings is 1. The van der Waals surface area contributed by atoms with Crippen LogP contribution in [0.15, 0.2) is 35.4 Å². The number of fused-ring (bicyclic) bond motifs is 1. The van der Waals surface area contributed by atoms with Crippen molar-refractivity contribution in [3.8, 4) is 0 Å². The largest absolute Gasteiger partial charge is 0.456 e. The number of hydrogen-bond donors (Lipinski definition) is 1. The second-order valence-corrected chi connectivity index (χ2v) is 7.36. The number of esters is 1. The van der Waals surface area contributed by atoms with Crippen molar-refractivity contribution < 1.29 is 24.4 Å². The predicted octanol–water partition coefficient (Wildman–Crippen LogP) is 1.78. The Kier molecular flexibility index (Phi) is 4.29. The van der Waals surface area contributed by atoms with E-state index < -0.39 is 22.4 Å². The van der Waals surface area contributed by atoms with E-state index in [0.717, 1.165) is 0 Å². The molecule has 2 heterocycles. The lowest BCUT2D eigenvalue weighted by molar-refractivity contribution is -0.384. The quantitative estimate of drug-likeness (QED) is 0.367. The minimum atomic E-state index is -1.16. The van der Waals surface area contributed by atoms with Crippen LogP contribution in [0.4, 0.5) is 5.69 Å². The Balaban J connectivity index is 1.60. The van der Waals surface area contributed by atoms with Crippen LogP contribution in [0.2, 0.25) is 0 Å². The van der Waals surface area contributed by atoms with Gasteiger partial charge in [0.15, 0.2) is 0 Å². The predicted molar refractivity (Wildman–Crippen MR) is 89.0 cm³/mol. The van der Waals surface area contributed by atoms with E-state index in [1.165, 1.54) is 40.9 Å². The van der Waals surface area contributed by atoms with Crippen LogP contribution in [0.1, 0.15) is 19.4 Å². The maximum absolute atomic E-state index is 12.2. The Hall–Kier alpha value is -2.39. The highest BCUT2D eigenvalue weighted by Crippen LogP contribution is 2.48. The van der Waals surface area contributed by atoms with Crippen LogP contribution in [0.3, 0.4) is 0 Å². The van der Waals surface area contributed by atoms with Gasteiger partial charge in [-0.2, -0.15) is 0 Å². The van der Waals surface area contributed by atoms with Gasteiger partial charge in [-0.3, -0.25) is 19.8 Å². The minimum absolute atomic E-state index is 0.0448. The summed E-state index contributed by atoms with van der Waals surface area (Å²) in [5.74, 6) is -1.51. The van der Waals surface area contributed by atoms with Gasteiger partial charge in [0, 0.05) is 17.5 Å². The van der Waals surface area contributed by atoms with Crippen molar-refractivity contribution in [2.75, 3.05) is 0 Å². The van der Waals surface area contributed by atoms with Crippen LogP contribution in [-0.4, -0.2) is 37.8 Å². The van der Waals surface area contributed by atoms with E-state index in [1.54, 1.807) is 19.3 Å². The van der Waals surface area contributed by atoms with Gasteiger partial charge < -0.3 is 9.84 Å². The summed E-state index contributed by atoms with van der Waals surface area (Å²) in [6, 6.07) is 5.67. The highest BCUT2D eigenvalue weighted by atomic mass is 32.2. The fourth-order valence-electron chi connectivity index (χ4n) is 2.78. The third kappa shape index (κ3) is 3.12. The van der Waals surface area contributed by atoms with Crippen molar-refractivity contribution >= 4 is 29.3 Å². The Labute approximate surface area is 147 Å². The Morgan fingerprint density at radius 2 is 2.04 bits per heavy atom. The number of benzene rings is 1. The van der Waals surface area contributed by atoms with E-state index >= 15 is 0 Å². The Bertz CT molecular complexity index is 768. The van der Waals surface area contributed by atoms with Crippen molar-refractivity contribution in [1.82, 2.24) is 4.90 Å². The molecular weight excluding hydrogens is 348 g/mol. The number of nitro groups is 1. The van der Waals surface area contributed by atoms with Gasteiger partial charge in [0.1, 0.15) is 17.7 Å². The first-order chi connectivity index (χ1) is 11.7. The molecule has 9 heteroatoms. The van der Waals surface area contributed by atoms with Gasteiger partial charge in [-0.15, -0.1) is 11.8 Å². The summed E-state index contributed by atoms with van der Waals surface area (Å²) in [6.07, 6.45) is 0. The summed E-state index contributed by atoms with van der Waals surface area (Å²) < 4.78 is 5.19. The number of non-ortho nitro benzene ring substituents is 1. The van der Waals surface area contributed by atoms with Gasteiger partial charge in [-0.25, -0.2) is 4.79 Å². The molecule has 2 atom stereocenters. The lowest BCUT2D eigenvalue weighted by Crippen LogP contribution is -2.64. The molecule has 1 aromatic carbocycles. The fourth-order valence-corrected chi connectivity index (χ4v) is 4.21. The summed E-state index contributed by atoms with van der Waals surface area (Å²) in [5.41, 5.74) is -0.442. The first kappa shape index (κ1) is 17.4. The molecule has 25 heavy (non-hydrogen) atoms. The van der Waals surface area contributed by atoms with Crippen LogP contribution >= 0.6 is 11.8 Å². The molecule has 2 aliphatic heterocycles. The lowest BCUT2D eigenvalue weighted by atomic mass is 9.83. The fraction of sp³-hybridized carbons (Fsp3) is 0.375. The summed E-state index contributed by atoms with van der Waals surface area (Å²) in [5, 5.41) is 21.9. The van der Waals surface area contributed by atoms with Crippen LogP contribution < -0.4 is 0 Å². The maximum Gasteiger partial charge on any atom is 0.355 e. The second-order valence-electron chi connectivity index (χ2n) is 6.37. The third-order valence-corrected chi connectivity index (χ3v) is 5.23. The molecule has 0 aliphatic carbocycles. The Morgan fingerprint density at radius 1 is 1.40 bits per heavy atom. The molecule has 1 saturated heterocycles. The molecule has 0 radical (unpaired) electrons. The van der Waals surface area contributed by atoms with Crippen LogP contribution in [0, 0.1) is 16.0 Å². The first-order valence-electron chi connectivity index (χ1n) is 7.51. The number of rotatable bonds is 5. The number of hydrogen-bond acceptors (Lipinski definition) is 7. The van der Waals surface area contributed by atoms with Gasteiger partial charge in [0.05, 0.1) is 16.4 Å². The van der Waals surface area contributed by atoms with Gasteiger partial charge in [0.2, 0.25) is 5.91 Å². The zero-order chi connectivity index (χ0) is 18.4. The van der Waals surface area contributed by atoms with Crippen LogP contribution in [-0.2, 0) is 20.9 Å². The van der Waals surface area contributed by atoms with Gasteiger partial charge in [-0.05, 0) is 31.5 Å². The molecule has 3 rings (SSSR count). The number of carbonyl (C=O) groups is 2. The van der Waals surface area contributed by atoms with Crippen molar-refractivity contribution in [2.24, 2.45) is 5.92 Å². The molecule has 0 unspecified atom stereocenters. The highest BCUT2D eigenvalue weighted by molar-refractivity contribution is 8.03. The van der Waals surface area contributed by atoms with Crippen molar-refractivity contribution in [3.05, 3.63) is 51.0 Å². The zero-order valence-corrected chi connectivity index (χ0v) is 14.4. The number of carbonyl (C=O) groups excluding carboxylic acids is 2. The van der Waals surface area contributed by atoms with Gasteiger partial charge in [0.25, 0.3) is 5.69 Å². The number of amides is 1. The van der Waals surface area contributed by atoms with Crippen LogP contribution in [0.25, 0.3) is 0 Å². The van der Waals surface area contributed by atoms with Crippen molar-refractivity contribution in [3.63, 3.8) is 0 Å². The van der Waals surface area contributed by atoms with Gasteiger partial charge in [-0.1, -0.05) is 0 Å². The van der Waals surface area contributed by atoms with Crippen molar-refractivity contribution in [2.45, 2.75) is 31.4 Å². The molecule has 1 amide bonds. The lowest BCUT2D eigenvalue weighted by Gasteiger charge is -2.47. The summed E-state index contributed by atoms with van der Waals surface area (Å²) >= 11 is 1.30. The van der Waals surface area contributed by atoms with E-state index in [1.807, 2.05) is 0 Å². The number of nitro benzene ring substituents is 1. The Morgan fingerprint density at radius 3 is 2.60 bits per heavy atom. The standard InChI is InChI=1S/C16H16N2O6S/c1-16(2,21)12-13(19)17-11(8-25-14(12)17)15(20)24-7-9-3-5-10(6-4-9)18(22)23/h3-6,8,12,14,21H,7H2,1-2H3/t12-,14-/m1/s1. The number of ether oxygens (including phenoxy) is 1. The first-order valence-corrected chi connectivity index (χ1v) is 8.46. The minimum Gasteiger partial charge on any atom is -0.456 e. The SMILES string of the molecule is CC(C)(O)[C@@H]1C(=O)N2C(C(=O)OCc3ccc([N+](=O)[O-])cc3)=CS[C@H]12. The van der Waals surface area contributed by atoms with Gasteiger partial charge >= 0.3 is 5.97 Å². The van der Waals surface area contributed by atoms with Crippen LogP contribution in [0.5, 0.6) is 0 Å². The molecule has 0 saturated carbocycles. The topological polar surface area (TPSA) is 110 Å². The average molecular weight is 364 g/mol. The maximum atomic E-state index is 12.2. The number of thioether (sulfide) groups is 1. The molecule has 132 valence electrons. The monoisotopic (exact) mass is 364 g/mol. The average Bonchev–Trinajstić information content (AvgIpc) is 2.90. The molecule has 2 aliphatic rings. The molecule has 8 nitrogen and oxygen atoms in total. The van der Waals surface area contributed by atoms with E-state index in [0.29, 0.717) is 5.56 Å². The third-order valence-electron chi connectivity index (χ3n) is 4.11. The molecule has 0 aromatic heterocycles. The molecule has 1 aromatic rings. The highest BCUT2D eigenvalue weighted by Gasteiger charge is 2.58. The summed E-state index contributed by atoms with van der Waals surface area (Å²) in [4.78, 5) is 35.9.